The van der Waals surface area contributed by atoms with E-state index in [4.69, 9.17) is 4.74 Å². The maximum Gasteiger partial charge on any atom is 0.228 e. The molecule has 1 amide bonds. The zero-order chi connectivity index (χ0) is 21.4. The Morgan fingerprint density at radius 1 is 1.06 bits per heavy atom. The maximum atomic E-state index is 12.8. The van der Waals surface area contributed by atoms with Crippen LogP contribution in [0.5, 0.6) is 0 Å². The first-order chi connectivity index (χ1) is 15.1. The number of carbonyl (C=O) groups excluding carboxylic acids is 2. The zero-order valence-electron chi connectivity index (χ0n) is 17.7. The van der Waals surface area contributed by atoms with Gasteiger partial charge in [0.1, 0.15) is 5.82 Å². The molecular weight excluding hydrogens is 388 g/mol. The average Bonchev–Trinajstić information content (AvgIpc) is 3.51. The third-order valence-electron chi connectivity index (χ3n) is 6.29. The van der Waals surface area contributed by atoms with Crippen LogP contribution in [0.4, 0.5) is 5.82 Å². The van der Waals surface area contributed by atoms with E-state index >= 15 is 0 Å². The van der Waals surface area contributed by atoms with Crippen molar-refractivity contribution >= 4 is 28.3 Å². The van der Waals surface area contributed by atoms with Crippen LogP contribution in [0.3, 0.4) is 0 Å². The van der Waals surface area contributed by atoms with Crippen LogP contribution in [0.25, 0.3) is 21.9 Å². The topological polar surface area (TPSA) is 68.3 Å². The number of ketones is 1. The fourth-order valence-corrected chi connectivity index (χ4v) is 4.18. The first kappa shape index (κ1) is 19.9. The van der Waals surface area contributed by atoms with Crippen molar-refractivity contribution in [1.29, 1.82) is 0 Å². The van der Waals surface area contributed by atoms with Crippen LogP contribution < -0.4 is 5.32 Å². The van der Waals surface area contributed by atoms with Crippen LogP contribution >= 0.6 is 0 Å². The molecule has 0 bridgehead atoms. The number of carbonyl (C=O) groups is 2. The summed E-state index contributed by atoms with van der Waals surface area (Å²) in [6.45, 7) is 3.51. The highest BCUT2D eigenvalue weighted by Crippen LogP contribution is 2.32. The van der Waals surface area contributed by atoms with Crippen molar-refractivity contribution in [3.8, 4) is 11.1 Å². The number of benzene rings is 2. The molecular formula is C26H26N2O3. The van der Waals surface area contributed by atoms with Crippen LogP contribution in [0.2, 0.25) is 0 Å². The quantitative estimate of drug-likeness (QED) is 0.565. The molecule has 31 heavy (non-hydrogen) atoms. The van der Waals surface area contributed by atoms with Gasteiger partial charge in [0, 0.05) is 42.7 Å². The average molecular weight is 415 g/mol. The molecule has 1 saturated carbocycles. The number of pyridine rings is 1. The Hall–Kier alpha value is -3.05. The van der Waals surface area contributed by atoms with E-state index in [0.717, 1.165) is 58.9 Å². The Morgan fingerprint density at radius 3 is 2.71 bits per heavy atom. The van der Waals surface area contributed by atoms with Gasteiger partial charge in [-0.2, -0.15) is 0 Å². The molecule has 5 nitrogen and oxygen atoms in total. The molecule has 2 aromatic carbocycles. The Bertz CT molecular complexity index is 1160. The summed E-state index contributed by atoms with van der Waals surface area (Å²) in [5.74, 6) is 1.31. The third kappa shape index (κ3) is 4.37. The number of rotatable bonds is 6. The summed E-state index contributed by atoms with van der Waals surface area (Å²) in [6, 6.07) is 14.1. The number of amides is 1. The second kappa shape index (κ2) is 8.23. The van der Waals surface area contributed by atoms with Crippen LogP contribution in [0, 0.1) is 18.8 Å². The van der Waals surface area contributed by atoms with E-state index in [-0.39, 0.29) is 17.6 Å². The van der Waals surface area contributed by atoms with Gasteiger partial charge in [0.25, 0.3) is 0 Å². The number of hydrogen-bond acceptors (Lipinski definition) is 4. The number of Topliss-reactive ketones (excluding diaryl/α,β-unsaturated/α-hetero) is 1. The Labute approximate surface area is 181 Å². The lowest BCUT2D eigenvalue weighted by Gasteiger charge is -2.12. The monoisotopic (exact) mass is 414 g/mol. The van der Waals surface area contributed by atoms with Gasteiger partial charge < -0.3 is 10.1 Å². The Balaban J connectivity index is 1.40. The van der Waals surface area contributed by atoms with E-state index in [1.54, 1.807) is 6.20 Å². The number of fused-ring (bicyclic) bond motifs is 1. The van der Waals surface area contributed by atoms with E-state index in [9.17, 15) is 9.59 Å². The third-order valence-corrected chi connectivity index (χ3v) is 6.29. The van der Waals surface area contributed by atoms with E-state index in [2.05, 4.69) is 29.4 Å². The van der Waals surface area contributed by atoms with Crippen molar-refractivity contribution in [1.82, 2.24) is 4.98 Å². The van der Waals surface area contributed by atoms with Crippen LogP contribution in [0.15, 0.2) is 48.7 Å². The minimum absolute atomic E-state index is 0.0599. The fourth-order valence-electron chi connectivity index (χ4n) is 4.18. The van der Waals surface area contributed by atoms with Crippen molar-refractivity contribution in [2.45, 2.75) is 32.6 Å². The lowest BCUT2D eigenvalue weighted by atomic mass is 9.92. The molecule has 5 heteroatoms. The predicted molar refractivity (Wildman–Crippen MR) is 121 cm³/mol. The molecule has 1 aliphatic heterocycles. The molecule has 1 unspecified atom stereocenters. The molecule has 2 heterocycles. The van der Waals surface area contributed by atoms with E-state index in [1.807, 2.05) is 30.3 Å². The number of nitrogens with one attached hydrogen (secondary N) is 1. The van der Waals surface area contributed by atoms with Crippen molar-refractivity contribution in [2.75, 3.05) is 18.5 Å². The summed E-state index contributed by atoms with van der Waals surface area (Å²) in [5, 5.41) is 4.93. The minimum atomic E-state index is 0.0599. The van der Waals surface area contributed by atoms with Gasteiger partial charge in [-0.15, -0.1) is 0 Å². The number of aromatic nitrogens is 1. The molecule has 2 fully saturated rings. The molecule has 0 radical (unpaired) electrons. The molecule has 1 N–H and O–H groups in total. The summed E-state index contributed by atoms with van der Waals surface area (Å²) >= 11 is 0. The van der Waals surface area contributed by atoms with Crippen molar-refractivity contribution in [3.05, 3.63) is 59.8 Å². The second-order valence-corrected chi connectivity index (χ2v) is 8.78. The highest BCUT2D eigenvalue weighted by Gasteiger charge is 2.29. The van der Waals surface area contributed by atoms with Gasteiger partial charge >= 0.3 is 0 Å². The number of ether oxygens (including phenoxy) is 1. The van der Waals surface area contributed by atoms with Crippen LogP contribution in [-0.4, -0.2) is 29.9 Å². The molecule has 0 spiro atoms. The van der Waals surface area contributed by atoms with Gasteiger partial charge in [0.15, 0.2) is 5.78 Å². The molecule has 1 saturated heterocycles. The van der Waals surface area contributed by atoms with Gasteiger partial charge in [-0.05, 0) is 72.4 Å². The SMILES string of the molecule is Cc1ccc(C(=O)CC2CCOC2)cc1-c1ccc2cc(NC(=O)C3CC3)ncc2c1. The predicted octanol–water partition coefficient (Wildman–Crippen LogP) is 5.17. The van der Waals surface area contributed by atoms with Gasteiger partial charge in [-0.3, -0.25) is 9.59 Å². The molecule has 3 aromatic rings. The maximum absolute atomic E-state index is 12.8. The number of aryl methyl sites for hydroxylation is 1. The molecule has 2 aliphatic rings. The van der Waals surface area contributed by atoms with Gasteiger partial charge in [0.05, 0.1) is 0 Å². The van der Waals surface area contributed by atoms with Crippen molar-refractivity contribution in [2.24, 2.45) is 11.8 Å². The number of anilines is 1. The minimum Gasteiger partial charge on any atom is -0.381 e. The lowest BCUT2D eigenvalue weighted by Crippen LogP contribution is -2.14. The fraction of sp³-hybridized carbons (Fsp3) is 0.346. The smallest absolute Gasteiger partial charge is 0.228 e. The summed E-state index contributed by atoms with van der Waals surface area (Å²) < 4.78 is 5.41. The summed E-state index contributed by atoms with van der Waals surface area (Å²) in [5.41, 5.74) is 3.99. The molecule has 5 rings (SSSR count). The first-order valence-corrected chi connectivity index (χ1v) is 11.0. The molecule has 1 atom stereocenters. The Morgan fingerprint density at radius 2 is 1.94 bits per heavy atom. The highest BCUT2D eigenvalue weighted by atomic mass is 16.5. The summed E-state index contributed by atoms with van der Waals surface area (Å²) in [4.78, 5) is 29.2. The lowest BCUT2D eigenvalue weighted by molar-refractivity contribution is -0.117. The van der Waals surface area contributed by atoms with Crippen molar-refractivity contribution in [3.63, 3.8) is 0 Å². The number of hydrogen-bond donors (Lipinski definition) is 1. The highest BCUT2D eigenvalue weighted by molar-refractivity contribution is 5.98. The number of nitrogens with zero attached hydrogens (tertiary/aromatic N) is 1. The van der Waals surface area contributed by atoms with E-state index in [1.165, 1.54) is 0 Å². The van der Waals surface area contributed by atoms with Gasteiger partial charge in [-0.25, -0.2) is 4.98 Å². The van der Waals surface area contributed by atoms with E-state index < -0.39 is 0 Å². The van der Waals surface area contributed by atoms with Crippen LogP contribution in [0.1, 0.15) is 41.6 Å². The van der Waals surface area contributed by atoms with E-state index in [0.29, 0.717) is 24.8 Å². The Kier molecular flexibility index (Phi) is 5.28. The standard InChI is InChI=1S/C26H26N2O3/c1-16-2-3-21(24(29)10-17-8-9-31-15-17)12-23(16)20-7-6-19-13-25(27-14-22(19)11-20)28-26(30)18-4-5-18/h2-3,6-7,11-14,17-18H,4-5,8-10,15H2,1H3,(H,27,28,30). The summed E-state index contributed by atoms with van der Waals surface area (Å²) in [7, 11) is 0. The van der Waals surface area contributed by atoms with Crippen molar-refractivity contribution < 1.29 is 14.3 Å². The normalized spacial score (nSPS) is 18.3. The first-order valence-electron chi connectivity index (χ1n) is 11.0. The largest absolute Gasteiger partial charge is 0.381 e. The second-order valence-electron chi connectivity index (χ2n) is 8.78. The molecule has 1 aromatic heterocycles. The molecule has 1 aliphatic carbocycles. The zero-order valence-corrected chi connectivity index (χ0v) is 17.7. The van der Waals surface area contributed by atoms with Gasteiger partial charge in [0.2, 0.25) is 5.91 Å². The van der Waals surface area contributed by atoms with Gasteiger partial charge in [-0.1, -0.05) is 24.3 Å². The molecule has 158 valence electrons. The summed E-state index contributed by atoms with van der Waals surface area (Å²) in [6.07, 6.45) is 5.24. The van der Waals surface area contributed by atoms with Crippen LogP contribution in [-0.2, 0) is 9.53 Å².